The molecule has 0 N–H and O–H groups in total. The van der Waals surface area contributed by atoms with Crippen LogP contribution in [0.3, 0.4) is 0 Å². The molecule has 182 valence electrons. The summed E-state index contributed by atoms with van der Waals surface area (Å²) >= 11 is 0. The molecule has 0 aromatic carbocycles. The summed E-state index contributed by atoms with van der Waals surface area (Å²) in [7, 11) is 0. The summed E-state index contributed by atoms with van der Waals surface area (Å²) in [5, 5.41) is 0. The van der Waals surface area contributed by atoms with E-state index in [9.17, 15) is 19.2 Å². The lowest BCUT2D eigenvalue weighted by Gasteiger charge is -2.26. The van der Waals surface area contributed by atoms with E-state index >= 15 is 0 Å². The van der Waals surface area contributed by atoms with E-state index in [0.717, 1.165) is 0 Å². The van der Waals surface area contributed by atoms with E-state index in [1.807, 2.05) is 0 Å². The quantitative estimate of drug-likeness (QED) is 0.338. The minimum absolute atomic E-state index is 0.0378. The second-order valence-corrected chi connectivity index (χ2v) is 9.75. The van der Waals surface area contributed by atoms with E-state index < -0.39 is 5.54 Å². The first-order valence-electron chi connectivity index (χ1n) is 11.4. The van der Waals surface area contributed by atoms with E-state index in [-0.39, 0.29) is 54.3 Å². The number of ether oxygens (including phenoxy) is 4. The zero-order chi connectivity index (χ0) is 23.5. The highest BCUT2D eigenvalue weighted by molar-refractivity contribution is 6.06. The molecule has 33 heavy (non-hydrogen) atoms. The van der Waals surface area contributed by atoms with Gasteiger partial charge < -0.3 is 28.7 Å². The SMILES string of the molecule is CC1(C)C(=O)N(CC2CO2)C(=O)N1CC1CO1.CC1C(=O)N(CC2CO2)C(=O)N1CC1CO1. The maximum atomic E-state index is 12.2. The van der Waals surface area contributed by atoms with Crippen LogP contribution in [0.25, 0.3) is 0 Å². The fraction of sp³-hybridized carbons (Fsp3) is 0.810. The highest BCUT2D eigenvalue weighted by Gasteiger charge is 2.53. The highest BCUT2D eigenvalue weighted by atomic mass is 16.6. The van der Waals surface area contributed by atoms with Crippen molar-refractivity contribution in [3.63, 3.8) is 0 Å². The molecular weight excluding hydrogens is 436 g/mol. The van der Waals surface area contributed by atoms with Gasteiger partial charge in [-0.2, -0.15) is 0 Å². The van der Waals surface area contributed by atoms with Crippen LogP contribution in [-0.2, 0) is 28.5 Å². The molecule has 0 aromatic heterocycles. The van der Waals surface area contributed by atoms with Gasteiger partial charge in [-0.3, -0.25) is 19.4 Å². The summed E-state index contributed by atoms with van der Waals surface area (Å²) in [6.07, 6.45) is 0.313. The first-order valence-corrected chi connectivity index (χ1v) is 11.4. The van der Waals surface area contributed by atoms with E-state index in [2.05, 4.69) is 0 Å². The minimum atomic E-state index is -0.766. The molecular formula is C21H30N4O8. The molecule has 6 aliphatic heterocycles. The Bertz CT molecular complexity index is 849. The van der Waals surface area contributed by atoms with Crippen LogP contribution in [0.4, 0.5) is 9.59 Å². The summed E-state index contributed by atoms with van der Waals surface area (Å²) in [6.45, 7) is 9.78. The Morgan fingerprint density at radius 1 is 0.727 bits per heavy atom. The third-order valence-electron chi connectivity index (χ3n) is 6.64. The van der Waals surface area contributed by atoms with Crippen molar-refractivity contribution < 1.29 is 38.1 Å². The number of amides is 6. The molecule has 0 radical (unpaired) electrons. The summed E-state index contributed by atoms with van der Waals surface area (Å²) in [5.41, 5.74) is -0.766. The number of rotatable bonds is 8. The third kappa shape index (κ3) is 4.70. The van der Waals surface area contributed by atoms with Crippen molar-refractivity contribution in [1.82, 2.24) is 19.6 Å². The molecule has 5 unspecified atom stereocenters. The number of hydrogen-bond acceptors (Lipinski definition) is 8. The molecule has 6 rings (SSSR count). The molecule has 12 heteroatoms. The summed E-state index contributed by atoms with van der Waals surface area (Å²) in [4.78, 5) is 54.0. The van der Waals surface area contributed by atoms with Gasteiger partial charge >= 0.3 is 12.1 Å². The maximum Gasteiger partial charge on any atom is 0.327 e. The summed E-state index contributed by atoms with van der Waals surface area (Å²) < 4.78 is 20.3. The van der Waals surface area contributed by atoms with Crippen molar-refractivity contribution in [3.8, 4) is 0 Å². The van der Waals surface area contributed by atoms with Crippen LogP contribution in [0.5, 0.6) is 0 Å². The molecule has 0 aromatic rings. The van der Waals surface area contributed by atoms with E-state index in [1.165, 1.54) is 9.80 Å². The minimum Gasteiger partial charge on any atom is -0.371 e. The Balaban J connectivity index is 0.000000139. The van der Waals surface area contributed by atoms with Gasteiger partial charge in [0.05, 0.1) is 77.0 Å². The molecule has 6 aliphatic rings. The lowest BCUT2D eigenvalue weighted by atomic mass is 10.0. The van der Waals surface area contributed by atoms with Crippen LogP contribution in [-0.4, -0.2) is 132 Å². The first-order chi connectivity index (χ1) is 15.7. The van der Waals surface area contributed by atoms with Crippen LogP contribution in [0.1, 0.15) is 20.8 Å². The third-order valence-corrected chi connectivity index (χ3v) is 6.64. The zero-order valence-corrected chi connectivity index (χ0v) is 19.1. The number of imide groups is 2. The molecule has 0 saturated carbocycles. The monoisotopic (exact) mass is 466 g/mol. The maximum absolute atomic E-state index is 12.2. The van der Waals surface area contributed by atoms with E-state index in [4.69, 9.17) is 18.9 Å². The first kappa shape index (κ1) is 22.5. The van der Waals surface area contributed by atoms with Gasteiger partial charge in [0.2, 0.25) is 0 Å². The van der Waals surface area contributed by atoms with Crippen molar-refractivity contribution in [1.29, 1.82) is 0 Å². The van der Waals surface area contributed by atoms with E-state index in [1.54, 1.807) is 30.6 Å². The van der Waals surface area contributed by atoms with Gasteiger partial charge in [0.1, 0.15) is 11.6 Å². The van der Waals surface area contributed by atoms with Crippen LogP contribution in [0.2, 0.25) is 0 Å². The van der Waals surface area contributed by atoms with Gasteiger partial charge in [0.15, 0.2) is 0 Å². The highest BCUT2D eigenvalue weighted by Crippen LogP contribution is 2.31. The number of nitrogens with zero attached hydrogens (tertiary/aromatic N) is 4. The van der Waals surface area contributed by atoms with Gasteiger partial charge in [0, 0.05) is 0 Å². The Morgan fingerprint density at radius 2 is 1.18 bits per heavy atom. The second-order valence-electron chi connectivity index (χ2n) is 9.75. The largest absolute Gasteiger partial charge is 0.371 e. The Hall–Kier alpha value is -2.28. The topological polar surface area (TPSA) is 131 Å². The number of carbonyl (C=O) groups excluding carboxylic acids is 4. The molecule has 6 saturated heterocycles. The standard InChI is InChI=1S/C11H16N2O4.C10H14N2O4/c1-11(2)9(14)12(3-7-5-16-7)10(15)13(11)4-8-6-17-8;1-6-9(13)12(3-8-5-16-8)10(14)11(6)2-7-4-15-7/h7-8H,3-6H2,1-2H3;6-8H,2-5H2,1H3. The Kier molecular flexibility index (Phi) is 5.58. The second kappa shape index (κ2) is 8.19. The normalized spacial score (nSPS) is 35.8. The molecule has 0 bridgehead atoms. The van der Waals surface area contributed by atoms with Crippen molar-refractivity contribution in [2.75, 3.05) is 52.6 Å². The summed E-state index contributed by atoms with van der Waals surface area (Å²) in [6, 6.07) is -0.787. The lowest BCUT2D eigenvalue weighted by molar-refractivity contribution is -0.132. The van der Waals surface area contributed by atoms with E-state index in [0.29, 0.717) is 52.6 Å². The van der Waals surface area contributed by atoms with Crippen molar-refractivity contribution in [2.45, 2.75) is 56.8 Å². The Labute approximate surface area is 191 Å². The molecule has 12 nitrogen and oxygen atoms in total. The molecule has 0 spiro atoms. The van der Waals surface area contributed by atoms with Crippen molar-refractivity contribution >= 4 is 23.9 Å². The number of carbonyl (C=O) groups is 4. The zero-order valence-electron chi connectivity index (χ0n) is 19.1. The van der Waals surface area contributed by atoms with Crippen LogP contribution < -0.4 is 0 Å². The molecule has 0 aliphatic carbocycles. The van der Waals surface area contributed by atoms with Gasteiger partial charge in [-0.05, 0) is 20.8 Å². The summed E-state index contributed by atoms with van der Waals surface area (Å²) in [5.74, 6) is -0.264. The average Bonchev–Trinajstić information content (AvgIpc) is 3.63. The van der Waals surface area contributed by atoms with Gasteiger partial charge in [-0.15, -0.1) is 0 Å². The van der Waals surface area contributed by atoms with Gasteiger partial charge in [-0.25, -0.2) is 9.59 Å². The number of urea groups is 2. The number of epoxide rings is 4. The predicted molar refractivity (Wildman–Crippen MR) is 110 cm³/mol. The van der Waals surface area contributed by atoms with Gasteiger partial charge in [0.25, 0.3) is 11.8 Å². The Morgan fingerprint density at radius 3 is 1.70 bits per heavy atom. The van der Waals surface area contributed by atoms with Crippen LogP contribution in [0.15, 0.2) is 0 Å². The molecule has 6 fully saturated rings. The molecule has 5 atom stereocenters. The van der Waals surface area contributed by atoms with Crippen molar-refractivity contribution in [3.05, 3.63) is 0 Å². The smallest absolute Gasteiger partial charge is 0.327 e. The van der Waals surface area contributed by atoms with Gasteiger partial charge in [-0.1, -0.05) is 0 Å². The van der Waals surface area contributed by atoms with Crippen molar-refractivity contribution in [2.24, 2.45) is 0 Å². The lowest BCUT2D eigenvalue weighted by Crippen LogP contribution is -2.45. The van der Waals surface area contributed by atoms with Crippen LogP contribution >= 0.6 is 0 Å². The van der Waals surface area contributed by atoms with Crippen LogP contribution in [0, 0.1) is 0 Å². The molecule has 6 heterocycles. The molecule has 6 amide bonds. The average molecular weight is 466 g/mol. The fourth-order valence-electron chi connectivity index (χ4n) is 4.09. The number of hydrogen-bond donors (Lipinski definition) is 0. The fourth-order valence-corrected chi connectivity index (χ4v) is 4.09. The predicted octanol–water partition coefficient (Wildman–Crippen LogP) is -0.736.